The lowest BCUT2D eigenvalue weighted by atomic mass is 9.75. The number of methoxy groups -OCH3 is 4. The molecule has 17 nitrogen and oxygen atoms in total. The number of carboxylic acids is 1. The van der Waals surface area contributed by atoms with Gasteiger partial charge in [0.2, 0.25) is 0 Å². The van der Waals surface area contributed by atoms with Gasteiger partial charge in [0, 0.05) is 77.8 Å². The first-order valence-corrected chi connectivity index (χ1v) is 23.8. The quantitative estimate of drug-likeness (QED) is 0.203. The fourth-order valence-electron chi connectivity index (χ4n) is 12.7. The van der Waals surface area contributed by atoms with E-state index < -0.39 is 102 Å². The van der Waals surface area contributed by atoms with Gasteiger partial charge in [0.05, 0.1) is 78.7 Å². The normalized spacial score (nSPS) is 54.1. The molecule has 0 radical (unpaired) electrons. The third kappa shape index (κ3) is 9.46. The lowest BCUT2D eigenvalue weighted by Gasteiger charge is -2.53. The number of carboxylic acid groups (broad SMARTS) is 1. The maximum atomic E-state index is 11.9. The summed E-state index contributed by atoms with van der Waals surface area (Å²) in [6.45, 7) is 17.5. The molecule has 370 valence electrons. The van der Waals surface area contributed by atoms with Gasteiger partial charge in [0.25, 0.3) is 0 Å². The second-order valence-electron chi connectivity index (χ2n) is 21.3. The van der Waals surface area contributed by atoms with E-state index in [1.165, 1.54) is 14.2 Å². The van der Waals surface area contributed by atoms with Crippen molar-refractivity contribution in [3.63, 3.8) is 0 Å². The zero-order chi connectivity index (χ0) is 46.9. The Kier molecular flexibility index (Phi) is 15.1. The van der Waals surface area contributed by atoms with Gasteiger partial charge in [0.15, 0.2) is 23.7 Å². The number of ether oxygens (including phenoxy) is 12. The maximum absolute atomic E-state index is 11.9. The Labute approximate surface area is 379 Å². The molecule has 0 amide bonds. The summed E-state index contributed by atoms with van der Waals surface area (Å²) in [6, 6.07) is 0. The molecule has 4 N–H and O–H groups in total. The van der Waals surface area contributed by atoms with E-state index >= 15 is 0 Å². The van der Waals surface area contributed by atoms with Crippen molar-refractivity contribution in [3.05, 3.63) is 0 Å². The van der Waals surface area contributed by atoms with Crippen LogP contribution < -0.4 is 0 Å². The summed E-state index contributed by atoms with van der Waals surface area (Å²) in [7, 11) is 6.37. The minimum atomic E-state index is -2.03. The summed E-state index contributed by atoms with van der Waals surface area (Å²) in [6.07, 6.45) is -3.18. The molecule has 0 aliphatic carbocycles. The van der Waals surface area contributed by atoms with Gasteiger partial charge in [-0.3, -0.25) is 4.79 Å². The number of hydrogen-bond acceptors (Lipinski definition) is 16. The van der Waals surface area contributed by atoms with Gasteiger partial charge in [-0.25, -0.2) is 0 Å². The number of aliphatic hydroxyl groups is 3. The zero-order valence-corrected chi connectivity index (χ0v) is 40.4. The molecule has 64 heavy (non-hydrogen) atoms. The van der Waals surface area contributed by atoms with E-state index in [1.807, 2.05) is 34.6 Å². The molecular formula is C47H80O17. The van der Waals surface area contributed by atoms with Crippen molar-refractivity contribution in [2.75, 3.05) is 28.4 Å². The van der Waals surface area contributed by atoms with E-state index in [0.29, 0.717) is 38.5 Å². The molecule has 17 heteroatoms. The largest absolute Gasteiger partial charge is 0.481 e. The van der Waals surface area contributed by atoms with Gasteiger partial charge in [-0.2, -0.15) is 0 Å². The average Bonchev–Trinajstić information content (AvgIpc) is 3.94. The number of carbonyl (C=O) groups is 1. The van der Waals surface area contributed by atoms with Crippen LogP contribution in [-0.2, 0) is 61.6 Å². The van der Waals surface area contributed by atoms with Crippen LogP contribution in [0.15, 0.2) is 0 Å². The topological polar surface area (TPSA) is 209 Å². The molecular weight excluding hydrogens is 837 g/mol. The van der Waals surface area contributed by atoms with Crippen molar-refractivity contribution in [1.29, 1.82) is 0 Å². The SMILES string of the molecule is CO[C@H]1[C@@H]([C@H](C)[C@H]2O[C@]3(CC[C@@](C)([C@H]4CC[C@@](C)([C@@H]5O[C@H]([C@H]6O[C@@](C)(O)[C@H](C)C[C@@H]6C)C[C@@H]5O[C@@H]5C[C@H](OC)[C@@H](OC)[C@H](C)O5)O4)O3)C[C@H](O)[C@H]2C)O[C@](O)(CC(=O)O)[C@@H](C)[C@@H]1OC. The van der Waals surface area contributed by atoms with Crippen molar-refractivity contribution in [2.24, 2.45) is 29.6 Å². The van der Waals surface area contributed by atoms with Crippen LogP contribution in [0, 0.1) is 29.6 Å². The fourth-order valence-corrected chi connectivity index (χ4v) is 12.7. The molecule has 0 bridgehead atoms. The number of hydrogen-bond donors (Lipinski definition) is 4. The average molecular weight is 917 g/mol. The lowest BCUT2D eigenvalue weighted by Crippen LogP contribution is -2.65. The molecule has 7 aliphatic heterocycles. The summed E-state index contributed by atoms with van der Waals surface area (Å²) < 4.78 is 77.6. The van der Waals surface area contributed by atoms with Gasteiger partial charge in [-0.1, -0.05) is 34.6 Å². The highest BCUT2D eigenvalue weighted by atomic mass is 16.7. The Morgan fingerprint density at radius 3 is 2.09 bits per heavy atom. The molecule has 24 atom stereocenters. The van der Waals surface area contributed by atoms with Crippen LogP contribution in [-0.4, -0.2) is 169 Å². The zero-order valence-electron chi connectivity index (χ0n) is 40.4. The standard InChI is InChI=1S/C47H80O17/c1-23-18-24(2)45(9,51)61-36(23)31-19-32(58-35-20-30(53-10)40(55-12)28(6)57-35)42(59-31)44(8)15-14-33(60-44)43(7)16-17-46(64-43)21-29(48)25(3)37(62-46)26(4)38-41(56-13)39(54-11)27(5)47(52,63-38)22-34(49)50/h23-33,35-42,48,51-52H,14-22H2,1-13H3,(H,49,50)/t23-,24+,25+,26+,27-,28-,29-,30-,31-,32-,33+,35+,36-,37-,38+,39-,40-,41-,42+,43-,44-,45+,46-,47+/m0/s1. The van der Waals surface area contributed by atoms with E-state index in [-0.39, 0.29) is 60.8 Å². The van der Waals surface area contributed by atoms with E-state index in [2.05, 4.69) is 13.8 Å². The molecule has 0 aromatic heterocycles. The molecule has 7 heterocycles. The van der Waals surface area contributed by atoms with Crippen molar-refractivity contribution in [1.82, 2.24) is 0 Å². The molecule has 7 saturated heterocycles. The summed E-state index contributed by atoms with van der Waals surface area (Å²) in [5.41, 5.74) is -1.60. The van der Waals surface area contributed by atoms with Gasteiger partial charge in [-0.15, -0.1) is 0 Å². The van der Waals surface area contributed by atoms with E-state index in [9.17, 15) is 25.2 Å². The van der Waals surface area contributed by atoms with Crippen LogP contribution in [0.3, 0.4) is 0 Å². The second-order valence-corrected chi connectivity index (χ2v) is 21.3. The van der Waals surface area contributed by atoms with E-state index in [1.54, 1.807) is 28.1 Å². The van der Waals surface area contributed by atoms with Crippen LogP contribution in [0.4, 0.5) is 0 Å². The van der Waals surface area contributed by atoms with Crippen LogP contribution >= 0.6 is 0 Å². The highest BCUT2D eigenvalue weighted by molar-refractivity contribution is 5.68. The van der Waals surface area contributed by atoms with Crippen molar-refractivity contribution in [3.8, 4) is 0 Å². The maximum Gasteiger partial charge on any atom is 0.308 e. The Hall–Kier alpha value is -1.13. The first-order valence-electron chi connectivity index (χ1n) is 23.8. The summed E-state index contributed by atoms with van der Waals surface area (Å²) >= 11 is 0. The number of aliphatic carboxylic acids is 1. The summed E-state index contributed by atoms with van der Waals surface area (Å²) in [5.74, 6) is -7.18. The third-order valence-corrected chi connectivity index (χ3v) is 16.8. The Balaban J connectivity index is 1.09. The molecule has 7 aliphatic rings. The van der Waals surface area contributed by atoms with Crippen LogP contribution in [0.2, 0.25) is 0 Å². The fraction of sp³-hybridized carbons (Fsp3) is 0.979. The molecule has 7 rings (SSSR count). The molecule has 0 aromatic carbocycles. The monoisotopic (exact) mass is 917 g/mol. The first-order chi connectivity index (χ1) is 30.0. The van der Waals surface area contributed by atoms with Gasteiger partial charge < -0.3 is 77.3 Å². The van der Waals surface area contributed by atoms with Crippen molar-refractivity contribution < 1.29 is 82.1 Å². The van der Waals surface area contributed by atoms with Crippen LogP contribution in [0.25, 0.3) is 0 Å². The van der Waals surface area contributed by atoms with Gasteiger partial charge in [0.1, 0.15) is 18.3 Å². The predicted octanol–water partition coefficient (Wildman–Crippen LogP) is 4.32. The summed E-state index contributed by atoms with van der Waals surface area (Å²) in [5, 5.41) is 44.3. The van der Waals surface area contributed by atoms with Crippen molar-refractivity contribution in [2.45, 2.75) is 234 Å². The Bertz CT molecular complexity index is 1600. The molecule has 0 aromatic rings. The Morgan fingerprint density at radius 1 is 0.766 bits per heavy atom. The highest BCUT2D eigenvalue weighted by Gasteiger charge is 2.64. The van der Waals surface area contributed by atoms with Crippen LogP contribution in [0.1, 0.15) is 120 Å². The van der Waals surface area contributed by atoms with E-state index in [4.69, 9.17) is 56.8 Å². The number of aliphatic hydroxyl groups excluding tert-OH is 1. The smallest absolute Gasteiger partial charge is 0.308 e. The molecule has 0 saturated carbocycles. The third-order valence-electron chi connectivity index (χ3n) is 16.8. The number of rotatable bonds is 13. The van der Waals surface area contributed by atoms with Gasteiger partial charge >= 0.3 is 5.97 Å². The van der Waals surface area contributed by atoms with Crippen molar-refractivity contribution >= 4 is 5.97 Å². The van der Waals surface area contributed by atoms with Crippen LogP contribution in [0.5, 0.6) is 0 Å². The minimum absolute atomic E-state index is 0.0406. The summed E-state index contributed by atoms with van der Waals surface area (Å²) in [4.78, 5) is 11.9. The van der Waals surface area contributed by atoms with E-state index in [0.717, 1.165) is 6.42 Å². The molecule has 0 unspecified atom stereocenters. The second kappa shape index (κ2) is 19.0. The predicted molar refractivity (Wildman–Crippen MR) is 228 cm³/mol. The molecule has 7 fully saturated rings. The highest BCUT2D eigenvalue weighted by Crippen LogP contribution is 2.55. The minimum Gasteiger partial charge on any atom is -0.481 e. The lowest BCUT2D eigenvalue weighted by molar-refractivity contribution is -0.365. The first kappa shape index (κ1) is 50.7. The Morgan fingerprint density at radius 2 is 1.45 bits per heavy atom. The van der Waals surface area contributed by atoms with Gasteiger partial charge in [-0.05, 0) is 59.3 Å². The molecule has 1 spiro atoms.